The Balaban J connectivity index is -0.000000852. The molecule has 0 saturated carbocycles. The zero-order valence-corrected chi connectivity index (χ0v) is 44.8. The topological polar surface area (TPSA) is 271 Å². The van der Waals surface area contributed by atoms with Gasteiger partial charge in [-0.3, -0.25) is 0 Å². The summed E-state index contributed by atoms with van der Waals surface area (Å²) in [4.78, 5) is 14.5. The molecule has 0 aliphatic carbocycles. The normalized spacial score (nSPS) is 9.55. The first-order chi connectivity index (χ1) is 29.5. The first kappa shape index (κ1) is 65.6. The molecular formula is C44H60B2Mo2N14O5. The predicted octanol–water partition coefficient (Wildman–Crippen LogP) is 6.31. The summed E-state index contributed by atoms with van der Waals surface area (Å²) >= 11 is 0. The molecule has 0 saturated heterocycles. The van der Waals surface area contributed by atoms with E-state index in [1.54, 1.807) is 0 Å². The average molecular weight is 1080 g/mol. The molecular weight excluding hydrogens is 1020 g/mol. The summed E-state index contributed by atoms with van der Waals surface area (Å²) in [5.74, 6) is 0. The van der Waals surface area contributed by atoms with Gasteiger partial charge < -0.3 is 44.0 Å². The summed E-state index contributed by atoms with van der Waals surface area (Å²) < 4.78 is 12.4. The van der Waals surface area contributed by atoms with Crippen LogP contribution < -0.4 is 11.2 Å². The number of aromatic nitrogens is 12. The van der Waals surface area contributed by atoms with Crippen LogP contribution in [-0.2, 0) is 58.6 Å². The molecule has 2 aromatic carbocycles. The van der Waals surface area contributed by atoms with Crippen LogP contribution >= 0.6 is 0 Å². The number of benzene rings is 2. The van der Waals surface area contributed by atoms with Crippen molar-refractivity contribution in [1.82, 2.24) is 69.3 Å². The Morgan fingerprint density at radius 2 is 0.463 bits per heavy atom. The minimum absolute atomic E-state index is 0. The summed E-state index contributed by atoms with van der Waals surface area (Å²) in [7, 11) is -2.52. The summed E-state index contributed by atoms with van der Waals surface area (Å²) in [6.07, 6.45) is 0. The van der Waals surface area contributed by atoms with Crippen molar-refractivity contribution in [3.63, 3.8) is 0 Å². The van der Waals surface area contributed by atoms with Crippen molar-refractivity contribution in [3.05, 3.63) is 186 Å². The molecule has 354 valence electrons. The third kappa shape index (κ3) is 18.1. The number of rotatable bonds is 6. The fraction of sp³-hybridized carbons (Fsp3) is 0.318. The van der Waals surface area contributed by atoms with Crippen molar-refractivity contribution in [3.8, 4) is 0 Å². The van der Waals surface area contributed by atoms with E-state index in [1.807, 2.05) is 77.9 Å². The molecule has 8 aromatic rings. The van der Waals surface area contributed by atoms with E-state index in [9.17, 15) is 0 Å². The van der Waals surface area contributed by atoms with E-state index < -0.39 is 14.2 Å². The standard InChI is InChI=1S/2C15H22BN6.2C7H8.2Mo.2NO.3O/c2*1-10-7-13(4)20(17-10)16(21-14(5)8-11(2)18-21)22-15(6)9-12(3)19-22;2*1-7-5-3-2-4-6-7;;;2*1-2;;;/h2*7-9,16H,1-6H3;2*2-6H,1H3;;;;;;;/q2*-1;;;2*+4;;;3*-2. The number of nitrogens with zero attached hydrogens (tertiary/aromatic N) is 14. The Morgan fingerprint density at radius 1 is 0.313 bits per heavy atom. The molecule has 19 nitrogen and oxygen atoms in total. The molecule has 0 N–H and O–H groups in total. The van der Waals surface area contributed by atoms with Gasteiger partial charge in [0.05, 0.1) is 34.2 Å². The molecule has 6 heterocycles. The smallest absolute Gasteiger partial charge is 2.00 e. The maximum atomic E-state index is 7.25. The largest absolute Gasteiger partial charge is 4.00 e. The quantitative estimate of drug-likeness (QED) is 0.170. The zero-order chi connectivity index (χ0) is 46.3. The third-order valence-electron chi connectivity index (χ3n) is 10.1. The average Bonchev–Trinajstić information content (AvgIpc) is 4.07. The van der Waals surface area contributed by atoms with Gasteiger partial charge in [0, 0.05) is 0 Å². The molecule has 8 rings (SSSR count). The van der Waals surface area contributed by atoms with Crippen LogP contribution in [0.2, 0.25) is 0 Å². The second-order valence-corrected chi connectivity index (χ2v) is 15.7. The van der Waals surface area contributed by atoms with E-state index in [0.29, 0.717) is 0 Å². The van der Waals surface area contributed by atoms with Crippen molar-refractivity contribution < 1.29 is 58.6 Å². The minimum Gasteiger partial charge on any atom is -2.00 e. The van der Waals surface area contributed by atoms with Crippen molar-refractivity contribution in [2.75, 3.05) is 0 Å². The number of nitroso groups, excluding NO2 is 2. The molecule has 0 aliphatic rings. The molecule has 0 bridgehead atoms. The van der Waals surface area contributed by atoms with Crippen LogP contribution in [0.25, 0.3) is 0 Å². The van der Waals surface area contributed by atoms with Crippen LogP contribution in [0.4, 0.5) is 0 Å². The third-order valence-corrected chi connectivity index (χ3v) is 10.1. The van der Waals surface area contributed by atoms with Gasteiger partial charge in [0.1, 0.15) is 11.2 Å². The number of aryl methyl sites for hydroxylation is 14. The number of hydrogen-bond acceptors (Lipinski definition) is 8. The van der Waals surface area contributed by atoms with Gasteiger partial charge in [-0.05, 0) is 167 Å². The Morgan fingerprint density at radius 3 is 0.552 bits per heavy atom. The maximum absolute atomic E-state index is 7.25. The summed E-state index contributed by atoms with van der Waals surface area (Å²) in [5, 5.41) is 28.2. The van der Waals surface area contributed by atoms with Gasteiger partial charge in [-0.15, -0.1) is 9.81 Å². The van der Waals surface area contributed by atoms with Gasteiger partial charge in [0.25, 0.3) is 0 Å². The van der Waals surface area contributed by atoms with Crippen molar-refractivity contribution in [1.29, 1.82) is 0 Å². The fourth-order valence-electron chi connectivity index (χ4n) is 7.60. The minimum atomic E-state index is -1.26. The molecule has 67 heavy (non-hydrogen) atoms. The van der Waals surface area contributed by atoms with Crippen LogP contribution in [0, 0.1) is 107 Å². The van der Waals surface area contributed by atoms with Gasteiger partial charge in [-0.25, -0.2) is 30.6 Å². The second-order valence-electron chi connectivity index (χ2n) is 15.7. The molecule has 0 atom stereocenters. The summed E-state index contributed by atoms with van der Waals surface area (Å²) in [6.45, 7) is 28.7. The fourth-order valence-corrected chi connectivity index (χ4v) is 7.60. The van der Waals surface area contributed by atoms with Crippen LogP contribution in [0.15, 0.2) is 97.1 Å². The first-order valence-electron chi connectivity index (χ1n) is 20.4. The van der Waals surface area contributed by atoms with Gasteiger partial charge in [0.15, 0.2) is 0 Å². The van der Waals surface area contributed by atoms with E-state index in [-0.39, 0.29) is 58.6 Å². The molecule has 6 aromatic heterocycles. The molecule has 23 heteroatoms. The van der Waals surface area contributed by atoms with Gasteiger partial charge in [0.2, 0.25) is 0 Å². The van der Waals surface area contributed by atoms with Gasteiger partial charge in [-0.1, -0.05) is 71.8 Å². The van der Waals surface area contributed by atoms with E-state index in [2.05, 4.69) is 144 Å². The van der Waals surface area contributed by atoms with Crippen LogP contribution in [-0.4, -0.2) is 72.4 Å². The molecule has 0 amide bonds. The van der Waals surface area contributed by atoms with E-state index in [4.69, 9.17) is 51.6 Å². The number of hydrogen-bond donors (Lipinski definition) is 0. The van der Waals surface area contributed by atoms with E-state index in [1.165, 1.54) is 11.1 Å². The SMILES string of the molecule is Cc1cc(C)n([BH-](n2nc(C)cc2C)n2nc(C)cc2C)n1.Cc1cc(C)n([BH-](n2nc(C)cc2C)n2nc(C)cc2C)n1.Cc1ccccc1.Cc1ccccc1.[Mo+4].[Mo+4].[N]=O.[N]=O.[O-2].[O-2].[O-2]. The van der Waals surface area contributed by atoms with Gasteiger partial charge in [-0.2, -0.15) is 0 Å². The Hall–Kier alpha value is -5.71. The monoisotopic (exact) mass is 1080 g/mol. The van der Waals surface area contributed by atoms with Crippen LogP contribution in [0.3, 0.4) is 0 Å². The van der Waals surface area contributed by atoms with Crippen molar-refractivity contribution in [2.45, 2.75) is 96.9 Å². The molecule has 2 radical (unpaired) electrons. The zero-order valence-electron chi connectivity index (χ0n) is 40.8. The van der Waals surface area contributed by atoms with Crippen molar-refractivity contribution >= 4 is 14.2 Å². The summed E-state index contributed by atoms with van der Waals surface area (Å²) in [6, 6.07) is 33.1. The second kappa shape index (κ2) is 31.3. The molecule has 0 unspecified atom stereocenters. The predicted molar refractivity (Wildman–Crippen MR) is 252 cm³/mol. The molecule has 0 aliphatic heterocycles. The maximum Gasteiger partial charge on any atom is 4.00 e. The Bertz CT molecular complexity index is 2210. The van der Waals surface area contributed by atoms with E-state index in [0.717, 1.165) is 68.3 Å². The molecule has 0 spiro atoms. The molecule has 0 fully saturated rings. The van der Waals surface area contributed by atoms with E-state index >= 15 is 0 Å². The van der Waals surface area contributed by atoms with Crippen LogP contribution in [0.5, 0.6) is 0 Å². The first-order valence-corrected chi connectivity index (χ1v) is 20.4. The van der Waals surface area contributed by atoms with Crippen molar-refractivity contribution in [2.24, 2.45) is 0 Å². The van der Waals surface area contributed by atoms with Gasteiger partial charge >= 0.3 is 56.4 Å². The Labute approximate surface area is 423 Å². The Kier molecular flexibility index (Phi) is 30.6. The van der Waals surface area contributed by atoms with Crippen LogP contribution in [0.1, 0.15) is 79.5 Å². The summed E-state index contributed by atoms with van der Waals surface area (Å²) in [5.41, 5.74) is 27.0.